The summed E-state index contributed by atoms with van der Waals surface area (Å²) in [6.45, 7) is 5.62. The molecule has 0 aliphatic rings. The van der Waals surface area contributed by atoms with E-state index in [4.69, 9.17) is 4.42 Å². The normalized spacial score (nSPS) is 11.7. The van der Waals surface area contributed by atoms with E-state index in [0.717, 1.165) is 11.2 Å². The molecular weight excluding hydrogens is 204 g/mol. The third-order valence-corrected chi connectivity index (χ3v) is 2.27. The number of amides is 1. The summed E-state index contributed by atoms with van der Waals surface area (Å²) in [5, 5.41) is 2.84. The fourth-order valence-electron chi connectivity index (χ4n) is 1.25. The number of nitrogens with zero attached hydrogens (tertiary/aromatic N) is 1. The van der Waals surface area contributed by atoms with Crippen LogP contribution < -0.4 is 5.32 Å². The second kappa shape index (κ2) is 3.63. The maximum absolute atomic E-state index is 11.8. The topological polar surface area (TPSA) is 55.1 Å². The third-order valence-electron chi connectivity index (χ3n) is 2.27. The van der Waals surface area contributed by atoms with Gasteiger partial charge in [-0.3, -0.25) is 4.79 Å². The second-order valence-electron chi connectivity index (χ2n) is 4.74. The number of rotatable bonds is 1. The van der Waals surface area contributed by atoms with Crippen molar-refractivity contribution in [1.29, 1.82) is 0 Å². The Balaban J connectivity index is 2.24. The minimum Gasteiger partial charge on any atom is -0.443 e. The van der Waals surface area contributed by atoms with Gasteiger partial charge in [-0.15, -0.1) is 0 Å². The number of oxazole rings is 1. The molecule has 84 valence electrons. The van der Waals surface area contributed by atoms with E-state index in [9.17, 15) is 4.79 Å². The molecule has 0 aliphatic heterocycles. The number of nitrogens with one attached hydrogen (secondary N) is 1. The highest BCUT2D eigenvalue weighted by atomic mass is 16.3. The highest BCUT2D eigenvalue weighted by Crippen LogP contribution is 2.20. The Bertz CT molecular complexity index is 523. The zero-order valence-corrected chi connectivity index (χ0v) is 9.57. The van der Waals surface area contributed by atoms with Gasteiger partial charge < -0.3 is 9.73 Å². The molecule has 0 atom stereocenters. The molecule has 2 aromatic rings. The first-order valence-electron chi connectivity index (χ1n) is 5.11. The van der Waals surface area contributed by atoms with Crippen LogP contribution in [0.15, 0.2) is 29.0 Å². The SMILES string of the molecule is CC(C)(C)C(=O)Nc1ccc2ocnc2c1. The molecule has 1 N–H and O–H groups in total. The molecule has 0 unspecified atom stereocenters. The minimum atomic E-state index is -0.404. The highest BCUT2D eigenvalue weighted by Gasteiger charge is 2.21. The van der Waals surface area contributed by atoms with Gasteiger partial charge in [0, 0.05) is 11.1 Å². The van der Waals surface area contributed by atoms with E-state index in [-0.39, 0.29) is 5.91 Å². The van der Waals surface area contributed by atoms with Crippen molar-refractivity contribution in [3.8, 4) is 0 Å². The zero-order chi connectivity index (χ0) is 11.8. The van der Waals surface area contributed by atoms with Gasteiger partial charge in [0.15, 0.2) is 12.0 Å². The lowest BCUT2D eigenvalue weighted by molar-refractivity contribution is -0.123. The largest absolute Gasteiger partial charge is 0.443 e. The lowest BCUT2D eigenvalue weighted by Gasteiger charge is -2.17. The van der Waals surface area contributed by atoms with Crippen LogP contribution >= 0.6 is 0 Å². The zero-order valence-electron chi connectivity index (χ0n) is 9.57. The Labute approximate surface area is 93.7 Å². The van der Waals surface area contributed by atoms with Gasteiger partial charge in [-0.2, -0.15) is 0 Å². The molecule has 0 saturated heterocycles. The molecule has 1 heterocycles. The molecule has 0 radical (unpaired) electrons. The molecule has 4 heteroatoms. The number of carbonyl (C=O) groups excluding carboxylic acids is 1. The summed E-state index contributed by atoms with van der Waals surface area (Å²) in [4.78, 5) is 15.8. The lowest BCUT2D eigenvalue weighted by Crippen LogP contribution is -2.27. The maximum atomic E-state index is 11.8. The van der Waals surface area contributed by atoms with Crippen molar-refractivity contribution < 1.29 is 9.21 Å². The lowest BCUT2D eigenvalue weighted by atomic mass is 9.95. The van der Waals surface area contributed by atoms with E-state index in [2.05, 4.69) is 10.3 Å². The number of hydrogen-bond acceptors (Lipinski definition) is 3. The van der Waals surface area contributed by atoms with Crippen LogP contribution in [-0.2, 0) is 4.79 Å². The smallest absolute Gasteiger partial charge is 0.229 e. The monoisotopic (exact) mass is 218 g/mol. The fraction of sp³-hybridized carbons (Fsp3) is 0.333. The average molecular weight is 218 g/mol. The number of anilines is 1. The van der Waals surface area contributed by atoms with Crippen LogP contribution in [0.3, 0.4) is 0 Å². The highest BCUT2D eigenvalue weighted by molar-refractivity contribution is 5.95. The number of hydrogen-bond donors (Lipinski definition) is 1. The molecule has 0 saturated carbocycles. The Morgan fingerprint density at radius 2 is 2.12 bits per heavy atom. The van der Waals surface area contributed by atoms with Gasteiger partial charge in [0.1, 0.15) is 5.52 Å². The minimum absolute atomic E-state index is 0.0182. The van der Waals surface area contributed by atoms with Gasteiger partial charge in [0.25, 0.3) is 0 Å². The van der Waals surface area contributed by atoms with E-state index in [0.29, 0.717) is 5.58 Å². The van der Waals surface area contributed by atoms with Crippen LogP contribution in [0.4, 0.5) is 5.69 Å². The maximum Gasteiger partial charge on any atom is 0.229 e. The quantitative estimate of drug-likeness (QED) is 0.800. The molecule has 4 nitrogen and oxygen atoms in total. The van der Waals surface area contributed by atoms with Crippen LogP contribution in [0, 0.1) is 5.41 Å². The first-order chi connectivity index (χ1) is 7.47. The van der Waals surface area contributed by atoms with Crippen molar-refractivity contribution in [2.75, 3.05) is 5.32 Å². The molecule has 0 aliphatic carbocycles. The van der Waals surface area contributed by atoms with Crippen molar-refractivity contribution in [3.63, 3.8) is 0 Å². The van der Waals surface area contributed by atoms with Gasteiger partial charge in [0.2, 0.25) is 5.91 Å². The van der Waals surface area contributed by atoms with E-state index in [1.807, 2.05) is 20.8 Å². The van der Waals surface area contributed by atoms with Crippen molar-refractivity contribution in [2.24, 2.45) is 5.41 Å². The Hall–Kier alpha value is -1.84. The summed E-state index contributed by atoms with van der Waals surface area (Å²) < 4.78 is 5.12. The Morgan fingerprint density at radius 3 is 2.81 bits per heavy atom. The first-order valence-corrected chi connectivity index (χ1v) is 5.11. The summed E-state index contributed by atoms with van der Waals surface area (Å²) in [7, 11) is 0. The van der Waals surface area contributed by atoms with Crippen LogP contribution in [0.25, 0.3) is 11.1 Å². The standard InChI is InChI=1S/C12H14N2O2/c1-12(2,3)11(15)14-8-4-5-10-9(6-8)13-7-16-10/h4-7H,1-3H3,(H,14,15). The number of carbonyl (C=O) groups is 1. The summed E-state index contributed by atoms with van der Waals surface area (Å²) in [5.41, 5.74) is 1.79. The van der Waals surface area contributed by atoms with Crippen LogP contribution in [0.1, 0.15) is 20.8 Å². The van der Waals surface area contributed by atoms with E-state index >= 15 is 0 Å². The number of benzene rings is 1. The predicted molar refractivity (Wildman–Crippen MR) is 62.1 cm³/mol. The van der Waals surface area contributed by atoms with Gasteiger partial charge in [-0.05, 0) is 18.2 Å². The van der Waals surface area contributed by atoms with Gasteiger partial charge >= 0.3 is 0 Å². The molecule has 0 fully saturated rings. The molecule has 2 rings (SSSR count). The van der Waals surface area contributed by atoms with Gasteiger partial charge in [0.05, 0.1) is 0 Å². The van der Waals surface area contributed by atoms with Gasteiger partial charge in [-0.1, -0.05) is 20.8 Å². The summed E-state index contributed by atoms with van der Waals surface area (Å²) in [6, 6.07) is 5.39. The van der Waals surface area contributed by atoms with Crippen molar-refractivity contribution in [1.82, 2.24) is 4.98 Å². The Kier molecular flexibility index (Phi) is 2.42. The molecule has 1 aromatic heterocycles. The van der Waals surface area contributed by atoms with E-state index in [1.165, 1.54) is 6.39 Å². The molecular formula is C12H14N2O2. The van der Waals surface area contributed by atoms with Crippen LogP contribution in [0.2, 0.25) is 0 Å². The van der Waals surface area contributed by atoms with Gasteiger partial charge in [-0.25, -0.2) is 4.98 Å². The molecule has 1 amide bonds. The number of fused-ring (bicyclic) bond motifs is 1. The van der Waals surface area contributed by atoms with Crippen LogP contribution in [0.5, 0.6) is 0 Å². The fourth-order valence-corrected chi connectivity index (χ4v) is 1.25. The second-order valence-corrected chi connectivity index (χ2v) is 4.74. The van der Waals surface area contributed by atoms with Crippen molar-refractivity contribution >= 4 is 22.7 Å². The molecule has 0 spiro atoms. The summed E-state index contributed by atoms with van der Waals surface area (Å²) >= 11 is 0. The first kappa shape index (κ1) is 10.7. The van der Waals surface area contributed by atoms with Crippen molar-refractivity contribution in [3.05, 3.63) is 24.6 Å². The van der Waals surface area contributed by atoms with E-state index in [1.54, 1.807) is 18.2 Å². The average Bonchev–Trinajstić information content (AvgIpc) is 2.63. The number of aromatic nitrogens is 1. The molecule has 1 aromatic carbocycles. The molecule has 16 heavy (non-hydrogen) atoms. The summed E-state index contributed by atoms with van der Waals surface area (Å²) in [6.07, 6.45) is 1.39. The van der Waals surface area contributed by atoms with E-state index < -0.39 is 5.41 Å². The predicted octanol–water partition coefficient (Wildman–Crippen LogP) is 2.81. The summed E-state index contributed by atoms with van der Waals surface area (Å²) in [5.74, 6) is -0.0182. The van der Waals surface area contributed by atoms with Crippen molar-refractivity contribution in [2.45, 2.75) is 20.8 Å². The third kappa shape index (κ3) is 2.05. The Morgan fingerprint density at radius 1 is 1.38 bits per heavy atom. The molecule has 0 bridgehead atoms. The van der Waals surface area contributed by atoms with Crippen LogP contribution in [-0.4, -0.2) is 10.9 Å².